The van der Waals surface area contributed by atoms with E-state index in [0.29, 0.717) is 11.7 Å². The van der Waals surface area contributed by atoms with Crippen molar-refractivity contribution in [1.82, 2.24) is 0 Å². The SMILES string of the molecule is CCCCCCC(C)CC(=O)C(C)C. The van der Waals surface area contributed by atoms with Crippen molar-refractivity contribution in [3.05, 3.63) is 0 Å². The molecule has 1 atom stereocenters. The summed E-state index contributed by atoms with van der Waals surface area (Å²) in [5.41, 5.74) is 0. The first-order chi connectivity index (χ1) is 6.57. The molecule has 0 aliphatic rings. The van der Waals surface area contributed by atoms with Gasteiger partial charge in [-0.25, -0.2) is 0 Å². The Bertz CT molecular complexity index is 149. The fourth-order valence-corrected chi connectivity index (χ4v) is 1.60. The normalized spacial score (nSPS) is 13.2. The van der Waals surface area contributed by atoms with E-state index in [0.717, 1.165) is 6.42 Å². The molecule has 0 radical (unpaired) electrons. The lowest BCUT2D eigenvalue weighted by molar-refractivity contribution is -0.122. The fourth-order valence-electron chi connectivity index (χ4n) is 1.60. The van der Waals surface area contributed by atoms with Crippen molar-refractivity contribution in [2.75, 3.05) is 0 Å². The molecule has 1 heteroatoms. The Morgan fingerprint density at radius 2 is 1.71 bits per heavy atom. The Balaban J connectivity index is 3.45. The topological polar surface area (TPSA) is 17.1 Å². The van der Waals surface area contributed by atoms with Crippen LogP contribution < -0.4 is 0 Å². The molecule has 0 saturated heterocycles. The number of ketones is 1. The van der Waals surface area contributed by atoms with Gasteiger partial charge in [0.1, 0.15) is 5.78 Å². The molecule has 0 rings (SSSR count). The van der Waals surface area contributed by atoms with Crippen LogP contribution in [0.1, 0.15) is 66.2 Å². The summed E-state index contributed by atoms with van der Waals surface area (Å²) in [4.78, 5) is 11.4. The van der Waals surface area contributed by atoms with Crippen LogP contribution in [-0.4, -0.2) is 5.78 Å². The van der Waals surface area contributed by atoms with E-state index >= 15 is 0 Å². The van der Waals surface area contributed by atoms with Crippen molar-refractivity contribution in [3.8, 4) is 0 Å². The zero-order valence-electron chi connectivity index (χ0n) is 10.3. The van der Waals surface area contributed by atoms with Gasteiger partial charge >= 0.3 is 0 Å². The monoisotopic (exact) mass is 198 g/mol. The second-order valence-corrected chi connectivity index (χ2v) is 4.78. The molecule has 0 heterocycles. The number of carbonyl (C=O) groups is 1. The van der Waals surface area contributed by atoms with Gasteiger partial charge in [-0.05, 0) is 5.92 Å². The molecule has 0 aromatic heterocycles. The highest BCUT2D eigenvalue weighted by Crippen LogP contribution is 2.16. The second kappa shape index (κ2) is 8.02. The summed E-state index contributed by atoms with van der Waals surface area (Å²) in [6.45, 7) is 8.41. The van der Waals surface area contributed by atoms with Crippen LogP contribution in [0.3, 0.4) is 0 Å². The van der Waals surface area contributed by atoms with E-state index in [9.17, 15) is 4.79 Å². The lowest BCUT2D eigenvalue weighted by Crippen LogP contribution is -2.11. The molecular weight excluding hydrogens is 172 g/mol. The molecule has 0 spiro atoms. The van der Waals surface area contributed by atoms with Crippen LogP contribution in [0, 0.1) is 11.8 Å². The number of hydrogen-bond acceptors (Lipinski definition) is 1. The average molecular weight is 198 g/mol. The highest BCUT2D eigenvalue weighted by atomic mass is 16.1. The molecule has 0 aromatic carbocycles. The van der Waals surface area contributed by atoms with Crippen molar-refractivity contribution in [1.29, 1.82) is 0 Å². The van der Waals surface area contributed by atoms with Crippen LogP contribution in [-0.2, 0) is 4.79 Å². The third kappa shape index (κ3) is 7.11. The molecular formula is C13H26O. The predicted molar refractivity (Wildman–Crippen MR) is 62.4 cm³/mol. The Kier molecular flexibility index (Phi) is 7.83. The first-order valence-corrected chi connectivity index (χ1v) is 6.10. The minimum absolute atomic E-state index is 0.216. The van der Waals surface area contributed by atoms with Crippen molar-refractivity contribution in [2.24, 2.45) is 11.8 Å². The Labute approximate surface area is 89.3 Å². The van der Waals surface area contributed by atoms with E-state index in [1.165, 1.54) is 32.1 Å². The third-order valence-corrected chi connectivity index (χ3v) is 2.74. The number of rotatable bonds is 8. The Hall–Kier alpha value is -0.330. The van der Waals surface area contributed by atoms with Gasteiger partial charge in [0.05, 0.1) is 0 Å². The maximum Gasteiger partial charge on any atom is 0.135 e. The first-order valence-electron chi connectivity index (χ1n) is 6.10. The number of hydrogen-bond donors (Lipinski definition) is 0. The fraction of sp³-hybridized carbons (Fsp3) is 0.923. The zero-order chi connectivity index (χ0) is 11.0. The molecule has 0 fully saturated rings. The van der Waals surface area contributed by atoms with Crippen LogP contribution in [0.4, 0.5) is 0 Å². The first kappa shape index (κ1) is 13.7. The van der Waals surface area contributed by atoms with E-state index in [1.54, 1.807) is 0 Å². The van der Waals surface area contributed by atoms with E-state index in [4.69, 9.17) is 0 Å². The molecule has 0 amide bonds. The van der Waals surface area contributed by atoms with E-state index in [2.05, 4.69) is 13.8 Å². The van der Waals surface area contributed by atoms with Gasteiger partial charge in [-0.3, -0.25) is 4.79 Å². The molecule has 0 bridgehead atoms. The van der Waals surface area contributed by atoms with Gasteiger partial charge < -0.3 is 0 Å². The maximum atomic E-state index is 11.4. The largest absolute Gasteiger partial charge is 0.299 e. The minimum atomic E-state index is 0.216. The molecule has 1 nitrogen and oxygen atoms in total. The lowest BCUT2D eigenvalue weighted by atomic mass is 9.93. The molecule has 0 aromatic rings. The summed E-state index contributed by atoms with van der Waals surface area (Å²) in [7, 11) is 0. The predicted octanol–water partition coefficient (Wildman–Crippen LogP) is 4.21. The molecule has 14 heavy (non-hydrogen) atoms. The highest BCUT2D eigenvalue weighted by Gasteiger charge is 2.11. The van der Waals surface area contributed by atoms with Crippen LogP contribution in [0.15, 0.2) is 0 Å². The molecule has 84 valence electrons. The molecule has 0 N–H and O–H groups in total. The van der Waals surface area contributed by atoms with Gasteiger partial charge in [0, 0.05) is 12.3 Å². The average Bonchev–Trinajstić information content (AvgIpc) is 2.12. The smallest absolute Gasteiger partial charge is 0.135 e. The summed E-state index contributed by atoms with van der Waals surface area (Å²) in [6.07, 6.45) is 7.25. The van der Waals surface area contributed by atoms with Crippen molar-refractivity contribution in [3.63, 3.8) is 0 Å². The van der Waals surface area contributed by atoms with Crippen molar-refractivity contribution >= 4 is 5.78 Å². The van der Waals surface area contributed by atoms with E-state index in [-0.39, 0.29) is 5.92 Å². The molecule has 0 aliphatic heterocycles. The molecule has 1 unspecified atom stereocenters. The van der Waals surface area contributed by atoms with E-state index in [1.807, 2.05) is 13.8 Å². The number of Topliss-reactive ketones (excluding diaryl/α,β-unsaturated/α-hetero) is 1. The second-order valence-electron chi connectivity index (χ2n) is 4.78. The summed E-state index contributed by atoms with van der Waals surface area (Å²) in [5.74, 6) is 1.22. The lowest BCUT2D eigenvalue weighted by Gasteiger charge is -2.11. The number of unbranched alkanes of at least 4 members (excludes halogenated alkanes) is 3. The van der Waals surface area contributed by atoms with Gasteiger partial charge in [-0.15, -0.1) is 0 Å². The summed E-state index contributed by atoms with van der Waals surface area (Å²) < 4.78 is 0. The van der Waals surface area contributed by atoms with Crippen LogP contribution in [0.2, 0.25) is 0 Å². The zero-order valence-corrected chi connectivity index (χ0v) is 10.3. The molecule has 0 aliphatic carbocycles. The van der Waals surface area contributed by atoms with Gasteiger partial charge in [-0.1, -0.05) is 59.8 Å². The van der Waals surface area contributed by atoms with Crippen molar-refractivity contribution < 1.29 is 4.79 Å². The van der Waals surface area contributed by atoms with Crippen LogP contribution in [0.5, 0.6) is 0 Å². The van der Waals surface area contributed by atoms with Gasteiger partial charge in [0.15, 0.2) is 0 Å². The van der Waals surface area contributed by atoms with Crippen LogP contribution >= 0.6 is 0 Å². The summed E-state index contributed by atoms with van der Waals surface area (Å²) >= 11 is 0. The van der Waals surface area contributed by atoms with Gasteiger partial charge in [0.2, 0.25) is 0 Å². The van der Waals surface area contributed by atoms with Crippen LogP contribution in [0.25, 0.3) is 0 Å². The Morgan fingerprint density at radius 1 is 1.07 bits per heavy atom. The Morgan fingerprint density at radius 3 is 2.21 bits per heavy atom. The quantitative estimate of drug-likeness (QED) is 0.534. The summed E-state index contributed by atoms with van der Waals surface area (Å²) in [6, 6.07) is 0. The third-order valence-electron chi connectivity index (χ3n) is 2.74. The maximum absolute atomic E-state index is 11.4. The van der Waals surface area contributed by atoms with Gasteiger partial charge in [0.25, 0.3) is 0 Å². The summed E-state index contributed by atoms with van der Waals surface area (Å²) in [5, 5.41) is 0. The van der Waals surface area contributed by atoms with E-state index < -0.39 is 0 Å². The standard InChI is InChI=1S/C13H26O/c1-5-6-7-8-9-12(4)10-13(14)11(2)3/h11-12H,5-10H2,1-4H3. The van der Waals surface area contributed by atoms with Gasteiger partial charge in [-0.2, -0.15) is 0 Å². The highest BCUT2D eigenvalue weighted by molar-refractivity contribution is 5.80. The molecule has 0 saturated carbocycles. The minimum Gasteiger partial charge on any atom is -0.299 e. The van der Waals surface area contributed by atoms with Crippen molar-refractivity contribution in [2.45, 2.75) is 66.2 Å². The number of carbonyl (C=O) groups excluding carboxylic acids is 1.